The molecule has 3 aromatic heterocycles. The molecule has 8 heteroatoms. The van der Waals surface area contributed by atoms with Crippen molar-refractivity contribution >= 4 is 16.7 Å². The third-order valence-electron chi connectivity index (χ3n) is 6.32. The van der Waals surface area contributed by atoms with Crippen LogP contribution in [0.3, 0.4) is 0 Å². The lowest BCUT2D eigenvalue weighted by molar-refractivity contribution is 0.287. The number of aromatic hydroxyl groups is 1. The molecule has 3 heterocycles. The van der Waals surface area contributed by atoms with Gasteiger partial charge in [0.2, 0.25) is 0 Å². The van der Waals surface area contributed by atoms with Crippen molar-refractivity contribution in [2.45, 2.75) is 40.7 Å². The fourth-order valence-corrected chi connectivity index (χ4v) is 4.47. The maximum Gasteiger partial charge on any atom is 0.185 e. The lowest BCUT2D eigenvalue weighted by Crippen LogP contribution is -2.05. The number of ether oxygens (including phenoxy) is 2. The number of hydrogen-bond donors (Lipinski definition) is 1. The molecule has 2 aromatic carbocycles. The molecular formula is C27H29N5O3. The summed E-state index contributed by atoms with van der Waals surface area (Å²) in [5, 5.41) is 15.8. The van der Waals surface area contributed by atoms with Crippen LogP contribution in [0.2, 0.25) is 0 Å². The van der Waals surface area contributed by atoms with Crippen molar-refractivity contribution in [3.05, 3.63) is 65.6 Å². The summed E-state index contributed by atoms with van der Waals surface area (Å²) >= 11 is 0. The molecule has 0 saturated heterocycles. The molecule has 0 amide bonds. The van der Waals surface area contributed by atoms with E-state index >= 15 is 0 Å². The van der Waals surface area contributed by atoms with Gasteiger partial charge in [-0.25, -0.2) is 14.5 Å². The summed E-state index contributed by atoms with van der Waals surface area (Å²) in [5.41, 5.74) is 5.63. The Morgan fingerprint density at radius 3 is 2.49 bits per heavy atom. The van der Waals surface area contributed by atoms with Crippen molar-refractivity contribution < 1.29 is 14.6 Å². The number of phenolic OH excluding ortho intramolecular Hbond substituents is 1. The van der Waals surface area contributed by atoms with Crippen LogP contribution in [-0.2, 0) is 13.0 Å². The Hall–Kier alpha value is -4.07. The zero-order valence-corrected chi connectivity index (χ0v) is 20.4. The van der Waals surface area contributed by atoms with Crippen LogP contribution in [0.4, 0.5) is 0 Å². The molecule has 0 fully saturated rings. The molecule has 5 rings (SSSR count). The lowest BCUT2D eigenvalue weighted by Gasteiger charge is -2.13. The Kier molecular flexibility index (Phi) is 6.03. The Morgan fingerprint density at radius 1 is 0.943 bits per heavy atom. The normalized spacial score (nSPS) is 11.4. The molecule has 0 atom stereocenters. The van der Waals surface area contributed by atoms with Crippen LogP contribution in [-0.4, -0.2) is 42.5 Å². The van der Waals surface area contributed by atoms with Crippen molar-refractivity contribution in [3.63, 3.8) is 0 Å². The molecule has 5 aromatic rings. The predicted molar refractivity (Wildman–Crippen MR) is 135 cm³/mol. The first-order chi connectivity index (χ1) is 17.0. The van der Waals surface area contributed by atoms with Crippen LogP contribution < -0.4 is 9.47 Å². The Bertz CT molecular complexity index is 1520. The van der Waals surface area contributed by atoms with E-state index < -0.39 is 0 Å². The Labute approximate surface area is 203 Å². The average Bonchev–Trinajstić information content (AvgIpc) is 3.39. The van der Waals surface area contributed by atoms with Crippen LogP contribution >= 0.6 is 0 Å². The minimum absolute atomic E-state index is 0.153. The molecule has 0 spiro atoms. The van der Waals surface area contributed by atoms with Gasteiger partial charge in [-0.05, 0) is 69.5 Å². The standard InChI is InChI=1S/C27H29N5O3/c1-5-34-22-12-11-19(15-23(22)35-6-2)13-14-31-18(4)17(3)24-26(31)28-16-32-27(24)29-25(30-32)20-9-7-8-10-21(20)33/h7-12,15-16,33H,5-6,13-14H2,1-4H3. The Balaban J connectivity index is 1.51. The summed E-state index contributed by atoms with van der Waals surface area (Å²) < 4.78 is 15.4. The van der Waals surface area contributed by atoms with Gasteiger partial charge in [0.05, 0.1) is 24.2 Å². The number of aryl methyl sites for hydroxylation is 3. The lowest BCUT2D eigenvalue weighted by atomic mass is 10.1. The van der Waals surface area contributed by atoms with Crippen molar-refractivity contribution in [2.75, 3.05) is 13.2 Å². The number of aromatic nitrogens is 5. The SMILES string of the molecule is CCOc1ccc(CCn2c(C)c(C)c3c2ncn2nc(-c4ccccc4O)nc32)cc1OCC. The van der Waals surface area contributed by atoms with E-state index in [4.69, 9.17) is 19.4 Å². The number of phenols is 1. The zero-order chi connectivity index (χ0) is 24.5. The van der Waals surface area contributed by atoms with Gasteiger partial charge in [0.25, 0.3) is 0 Å². The van der Waals surface area contributed by atoms with Gasteiger partial charge < -0.3 is 19.1 Å². The summed E-state index contributed by atoms with van der Waals surface area (Å²) in [6.45, 7) is 10.1. The summed E-state index contributed by atoms with van der Waals surface area (Å²) in [7, 11) is 0. The van der Waals surface area contributed by atoms with Crippen LogP contribution in [0.15, 0.2) is 48.8 Å². The van der Waals surface area contributed by atoms with Gasteiger partial charge in [-0.3, -0.25) is 0 Å². The quantitative estimate of drug-likeness (QED) is 0.338. The summed E-state index contributed by atoms with van der Waals surface area (Å²) in [4.78, 5) is 9.51. The molecule has 180 valence electrons. The number of benzene rings is 2. The van der Waals surface area contributed by atoms with E-state index in [9.17, 15) is 5.11 Å². The highest BCUT2D eigenvalue weighted by Gasteiger charge is 2.19. The number of fused-ring (bicyclic) bond motifs is 3. The van der Waals surface area contributed by atoms with Gasteiger partial charge in [-0.2, -0.15) is 0 Å². The van der Waals surface area contributed by atoms with E-state index in [1.165, 1.54) is 5.56 Å². The highest BCUT2D eigenvalue weighted by atomic mass is 16.5. The monoisotopic (exact) mass is 471 g/mol. The third-order valence-corrected chi connectivity index (χ3v) is 6.32. The molecule has 0 radical (unpaired) electrons. The van der Waals surface area contributed by atoms with Gasteiger partial charge in [0, 0.05) is 12.2 Å². The van der Waals surface area contributed by atoms with E-state index in [2.05, 4.69) is 35.6 Å². The maximum absolute atomic E-state index is 10.3. The van der Waals surface area contributed by atoms with E-state index in [-0.39, 0.29) is 5.75 Å². The van der Waals surface area contributed by atoms with Crippen molar-refractivity contribution in [1.82, 2.24) is 24.1 Å². The first-order valence-corrected chi connectivity index (χ1v) is 11.9. The van der Waals surface area contributed by atoms with Gasteiger partial charge in [0.15, 0.2) is 23.0 Å². The van der Waals surface area contributed by atoms with Crippen LogP contribution in [0.5, 0.6) is 17.2 Å². The smallest absolute Gasteiger partial charge is 0.185 e. The number of nitrogens with zero attached hydrogens (tertiary/aromatic N) is 5. The largest absolute Gasteiger partial charge is 0.507 e. The summed E-state index contributed by atoms with van der Waals surface area (Å²) in [6.07, 6.45) is 2.51. The number of para-hydroxylation sites is 1. The number of rotatable bonds is 8. The molecule has 0 bridgehead atoms. The highest BCUT2D eigenvalue weighted by Crippen LogP contribution is 2.32. The molecule has 0 saturated carbocycles. The van der Waals surface area contributed by atoms with Crippen LogP contribution in [0.1, 0.15) is 30.7 Å². The average molecular weight is 472 g/mol. The van der Waals surface area contributed by atoms with E-state index in [1.54, 1.807) is 23.0 Å². The molecule has 1 N–H and O–H groups in total. The van der Waals surface area contributed by atoms with Crippen molar-refractivity contribution in [2.24, 2.45) is 0 Å². The third kappa shape index (κ3) is 4.05. The second-order valence-electron chi connectivity index (χ2n) is 8.42. The first kappa shape index (κ1) is 22.7. The molecule has 0 unspecified atom stereocenters. The summed E-state index contributed by atoms with van der Waals surface area (Å²) in [5.74, 6) is 2.17. The predicted octanol–water partition coefficient (Wildman–Crippen LogP) is 5.11. The molecule has 8 nitrogen and oxygen atoms in total. The van der Waals surface area contributed by atoms with E-state index in [1.807, 2.05) is 32.0 Å². The second kappa shape index (κ2) is 9.29. The minimum atomic E-state index is 0.153. The minimum Gasteiger partial charge on any atom is -0.507 e. The topological polar surface area (TPSA) is 86.7 Å². The van der Waals surface area contributed by atoms with Gasteiger partial charge in [-0.1, -0.05) is 18.2 Å². The molecule has 0 aliphatic carbocycles. The van der Waals surface area contributed by atoms with Gasteiger partial charge in [0.1, 0.15) is 17.7 Å². The van der Waals surface area contributed by atoms with Gasteiger partial charge in [-0.15, -0.1) is 5.10 Å². The molecule has 0 aliphatic heterocycles. The van der Waals surface area contributed by atoms with Gasteiger partial charge >= 0.3 is 0 Å². The van der Waals surface area contributed by atoms with E-state index in [0.717, 1.165) is 52.4 Å². The van der Waals surface area contributed by atoms with Crippen LogP contribution in [0, 0.1) is 13.8 Å². The summed E-state index contributed by atoms with van der Waals surface area (Å²) in [6, 6.07) is 13.2. The maximum atomic E-state index is 10.3. The number of hydrogen-bond acceptors (Lipinski definition) is 6. The fraction of sp³-hybridized carbons (Fsp3) is 0.296. The highest BCUT2D eigenvalue weighted by molar-refractivity contribution is 5.94. The molecule has 35 heavy (non-hydrogen) atoms. The zero-order valence-electron chi connectivity index (χ0n) is 20.4. The first-order valence-electron chi connectivity index (χ1n) is 11.9. The fourth-order valence-electron chi connectivity index (χ4n) is 4.47. The van der Waals surface area contributed by atoms with E-state index in [0.29, 0.717) is 24.6 Å². The van der Waals surface area contributed by atoms with Crippen LogP contribution in [0.25, 0.3) is 28.1 Å². The second-order valence-corrected chi connectivity index (χ2v) is 8.42. The Morgan fingerprint density at radius 2 is 1.71 bits per heavy atom. The molecule has 0 aliphatic rings. The van der Waals surface area contributed by atoms with Crippen molar-refractivity contribution in [1.29, 1.82) is 0 Å². The molecular weight excluding hydrogens is 442 g/mol. The van der Waals surface area contributed by atoms with Crippen molar-refractivity contribution in [3.8, 4) is 28.6 Å².